The second-order valence-corrected chi connectivity index (χ2v) is 6.27. The summed E-state index contributed by atoms with van der Waals surface area (Å²) in [6.45, 7) is 1.39. The second-order valence-electron chi connectivity index (χ2n) is 3.86. The van der Waals surface area contributed by atoms with Gasteiger partial charge in [-0.15, -0.1) is 0 Å². The molecule has 1 rings (SSSR count). The Labute approximate surface area is 106 Å². The summed E-state index contributed by atoms with van der Waals surface area (Å²) >= 11 is 0. The fourth-order valence-electron chi connectivity index (χ4n) is 1.29. The quantitative estimate of drug-likeness (QED) is 0.450. The summed E-state index contributed by atoms with van der Waals surface area (Å²) in [6.07, 6.45) is 1.24. The molecule has 0 amide bonds. The SMILES string of the molecule is COC(=O)C(C)=Cc1ccc(S(F)(F)(F)(F)F)cc1. The molecule has 0 unspecified atom stereocenters. The molecule has 0 saturated carbocycles. The van der Waals surface area contributed by atoms with E-state index in [1.807, 2.05) is 0 Å². The van der Waals surface area contributed by atoms with Crippen molar-refractivity contribution in [1.82, 2.24) is 0 Å². The third-order valence-corrected chi connectivity index (χ3v) is 3.38. The largest absolute Gasteiger partial charge is 0.466 e. The summed E-state index contributed by atoms with van der Waals surface area (Å²) in [4.78, 5) is 9.09. The standard InChI is InChI=1S/C11H11F5O2S/c1-8(11(17)18-2)7-9-3-5-10(6-4-9)19(12,13,14,15)16/h3-7H,1-2H3. The third-order valence-electron chi connectivity index (χ3n) is 2.22. The molecule has 19 heavy (non-hydrogen) atoms. The number of carbonyl (C=O) groups is 1. The van der Waals surface area contributed by atoms with Crippen LogP contribution in [0, 0.1) is 0 Å². The molecular formula is C11H11F5O2S. The summed E-state index contributed by atoms with van der Waals surface area (Å²) in [7, 11) is -8.49. The van der Waals surface area contributed by atoms with Crippen molar-refractivity contribution in [2.24, 2.45) is 0 Å². The highest BCUT2D eigenvalue weighted by Crippen LogP contribution is 3.02. The van der Waals surface area contributed by atoms with Crippen molar-refractivity contribution in [3.8, 4) is 0 Å². The lowest BCUT2D eigenvalue weighted by molar-refractivity contribution is -0.135. The van der Waals surface area contributed by atoms with E-state index in [9.17, 15) is 24.2 Å². The molecule has 8 heteroatoms. The molecule has 0 saturated heterocycles. The Bertz CT molecular complexity index is 530. The van der Waals surface area contributed by atoms with Crippen LogP contribution < -0.4 is 0 Å². The number of halogens is 5. The predicted molar refractivity (Wildman–Crippen MR) is 63.5 cm³/mol. The van der Waals surface area contributed by atoms with Crippen LogP contribution in [-0.2, 0) is 9.53 Å². The number of methoxy groups -OCH3 is 1. The highest BCUT2D eigenvalue weighted by molar-refractivity contribution is 8.45. The summed E-state index contributed by atoms with van der Waals surface area (Å²) in [5.41, 5.74) is 0.330. The predicted octanol–water partition coefficient (Wildman–Crippen LogP) is 4.92. The van der Waals surface area contributed by atoms with Crippen LogP contribution in [0.15, 0.2) is 34.7 Å². The van der Waals surface area contributed by atoms with Crippen molar-refractivity contribution in [1.29, 1.82) is 0 Å². The molecule has 2 nitrogen and oxygen atoms in total. The molecule has 0 fully saturated rings. The minimum absolute atomic E-state index is 0.141. The van der Waals surface area contributed by atoms with E-state index < -0.39 is 21.1 Å². The fourth-order valence-corrected chi connectivity index (χ4v) is 1.94. The first-order chi connectivity index (χ1) is 8.33. The monoisotopic (exact) mass is 302 g/mol. The van der Waals surface area contributed by atoms with E-state index in [4.69, 9.17) is 0 Å². The van der Waals surface area contributed by atoms with Gasteiger partial charge in [0.1, 0.15) is 4.90 Å². The number of rotatable bonds is 3. The van der Waals surface area contributed by atoms with Crippen LogP contribution in [0.25, 0.3) is 6.08 Å². The summed E-state index contributed by atoms with van der Waals surface area (Å²) in [5.74, 6) is -0.656. The first-order valence-electron chi connectivity index (χ1n) is 4.94. The Morgan fingerprint density at radius 3 is 1.95 bits per heavy atom. The zero-order chi connectivity index (χ0) is 15.0. The lowest BCUT2D eigenvalue weighted by Gasteiger charge is -2.40. The molecule has 1 aromatic rings. The van der Waals surface area contributed by atoms with E-state index in [-0.39, 0.29) is 23.3 Å². The third kappa shape index (κ3) is 4.23. The average Bonchev–Trinajstić information content (AvgIpc) is 2.25. The smallest absolute Gasteiger partial charge is 0.333 e. The molecule has 0 aliphatic heterocycles. The molecule has 108 valence electrons. The van der Waals surface area contributed by atoms with Crippen LogP contribution >= 0.6 is 10.2 Å². The minimum Gasteiger partial charge on any atom is -0.466 e. The number of hydrogen-bond acceptors (Lipinski definition) is 2. The van der Waals surface area contributed by atoms with Crippen LogP contribution in [0.5, 0.6) is 0 Å². The van der Waals surface area contributed by atoms with Gasteiger partial charge in [-0.1, -0.05) is 31.6 Å². The van der Waals surface area contributed by atoms with Crippen molar-refractivity contribution in [2.45, 2.75) is 11.8 Å². The van der Waals surface area contributed by atoms with Gasteiger partial charge in [0.15, 0.2) is 0 Å². The van der Waals surface area contributed by atoms with E-state index >= 15 is 0 Å². The van der Waals surface area contributed by atoms with E-state index in [0.29, 0.717) is 0 Å². The average molecular weight is 302 g/mol. The number of hydrogen-bond donors (Lipinski definition) is 0. The summed E-state index contributed by atoms with van der Waals surface area (Å²) < 4.78 is 66.6. The highest BCUT2D eigenvalue weighted by Gasteiger charge is 2.65. The molecular weight excluding hydrogens is 291 g/mol. The number of esters is 1. The van der Waals surface area contributed by atoms with E-state index in [1.165, 1.54) is 13.0 Å². The first-order valence-corrected chi connectivity index (χ1v) is 6.89. The molecule has 0 aromatic heterocycles. The molecule has 0 bridgehead atoms. The zero-order valence-electron chi connectivity index (χ0n) is 10.0. The van der Waals surface area contributed by atoms with Gasteiger partial charge < -0.3 is 4.74 Å². The Morgan fingerprint density at radius 2 is 1.58 bits per heavy atom. The molecule has 0 radical (unpaired) electrons. The van der Waals surface area contributed by atoms with Gasteiger partial charge in [0.2, 0.25) is 0 Å². The number of benzene rings is 1. The van der Waals surface area contributed by atoms with Gasteiger partial charge in [0, 0.05) is 5.57 Å². The maximum Gasteiger partial charge on any atom is 0.333 e. The van der Waals surface area contributed by atoms with Crippen molar-refractivity contribution >= 4 is 22.3 Å². The Hall–Kier alpha value is -1.57. The highest BCUT2D eigenvalue weighted by atomic mass is 32.5. The van der Waals surface area contributed by atoms with Gasteiger partial charge in [-0.25, -0.2) is 4.79 Å². The van der Waals surface area contributed by atoms with E-state index in [0.717, 1.165) is 19.2 Å². The van der Waals surface area contributed by atoms with Gasteiger partial charge in [0.25, 0.3) is 0 Å². The van der Waals surface area contributed by atoms with Gasteiger partial charge in [-0.3, -0.25) is 0 Å². The maximum absolute atomic E-state index is 12.4. The first kappa shape index (κ1) is 15.5. The van der Waals surface area contributed by atoms with Crippen LogP contribution in [-0.4, -0.2) is 13.1 Å². The summed E-state index contributed by atoms with van der Waals surface area (Å²) in [5, 5.41) is 0. The van der Waals surface area contributed by atoms with E-state index in [2.05, 4.69) is 4.74 Å². The fraction of sp³-hybridized carbons (Fsp3) is 0.182. The lowest BCUT2D eigenvalue weighted by Crippen LogP contribution is -2.05. The van der Waals surface area contributed by atoms with Crippen molar-refractivity contribution in [3.05, 3.63) is 35.4 Å². The van der Waals surface area contributed by atoms with Gasteiger partial charge in [0.05, 0.1) is 7.11 Å². The van der Waals surface area contributed by atoms with Crippen LogP contribution in [0.2, 0.25) is 0 Å². The topological polar surface area (TPSA) is 26.3 Å². The molecule has 0 aliphatic carbocycles. The Kier molecular flexibility index (Phi) is 3.23. The number of carbonyl (C=O) groups excluding carboxylic acids is 1. The molecule has 0 heterocycles. The van der Waals surface area contributed by atoms with Gasteiger partial charge in [-0.05, 0) is 30.7 Å². The second kappa shape index (κ2) is 3.96. The van der Waals surface area contributed by atoms with Crippen molar-refractivity contribution in [3.63, 3.8) is 0 Å². The van der Waals surface area contributed by atoms with Crippen LogP contribution in [0.3, 0.4) is 0 Å². The van der Waals surface area contributed by atoms with E-state index in [1.54, 1.807) is 0 Å². The van der Waals surface area contributed by atoms with Crippen molar-refractivity contribution in [2.75, 3.05) is 7.11 Å². The minimum atomic E-state index is -9.64. The molecule has 1 aromatic carbocycles. The molecule has 0 N–H and O–H groups in total. The van der Waals surface area contributed by atoms with Crippen LogP contribution in [0.1, 0.15) is 12.5 Å². The van der Waals surface area contributed by atoms with Gasteiger partial charge >= 0.3 is 16.2 Å². The number of ether oxygens (including phenoxy) is 1. The Balaban J connectivity index is 3.13. The summed E-state index contributed by atoms with van der Waals surface area (Å²) in [6, 6.07) is 2.30. The zero-order valence-corrected chi connectivity index (χ0v) is 10.8. The van der Waals surface area contributed by atoms with Crippen LogP contribution in [0.4, 0.5) is 19.4 Å². The molecule has 0 spiro atoms. The van der Waals surface area contributed by atoms with Gasteiger partial charge in [-0.2, -0.15) is 0 Å². The lowest BCUT2D eigenvalue weighted by atomic mass is 10.1. The Morgan fingerprint density at radius 1 is 1.11 bits per heavy atom. The maximum atomic E-state index is 12.4. The molecule has 0 atom stereocenters. The normalized spacial score (nSPS) is 16.5. The molecule has 0 aliphatic rings. The van der Waals surface area contributed by atoms with Crippen molar-refractivity contribution < 1.29 is 29.0 Å².